The number of sulfonamides is 1. The monoisotopic (exact) mass is 766 g/mol. The summed E-state index contributed by atoms with van der Waals surface area (Å²) >= 11 is 1.34. The maximum Gasteiger partial charge on any atom is 0.420 e. The van der Waals surface area contributed by atoms with Crippen molar-refractivity contribution >= 4 is 49.3 Å². The number of para-hydroxylation sites is 1. The van der Waals surface area contributed by atoms with Gasteiger partial charge in [0.2, 0.25) is 10.0 Å². The van der Waals surface area contributed by atoms with E-state index in [-0.39, 0.29) is 30.0 Å². The first-order chi connectivity index (χ1) is 26.0. The summed E-state index contributed by atoms with van der Waals surface area (Å²) < 4.78 is 37.7. The Hall–Kier alpha value is -5.25. The van der Waals surface area contributed by atoms with Gasteiger partial charge in [-0.3, -0.25) is 9.48 Å². The number of amides is 2. The molecule has 2 atom stereocenters. The number of anilines is 1. The van der Waals surface area contributed by atoms with Crippen molar-refractivity contribution in [3.8, 4) is 0 Å². The maximum absolute atomic E-state index is 14.4. The summed E-state index contributed by atoms with van der Waals surface area (Å²) in [5, 5.41) is 15.2. The molecular formula is C40H42N6O6S2. The van der Waals surface area contributed by atoms with Crippen LogP contribution in [0.2, 0.25) is 0 Å². The quantitative estimate of drug-likeness (QED) is 0.140. The average molecular weight is 767 g/mol. The van der Waals surface area contributed by atoms with Crippen molar-refractivity contribution in [3.63, 3.8) is 0 Å². The van der Waals surface area contributed by atoms with Gasteiger partial charge in [-0.25, -0.2) is 23.1 Å². The van der Waals surface area contributed by atoms with Gasteiger partial charge in [-0.15, -0.1) is 11.3 Å². The van der Waals surface area contributed by atoms with Crippen molar-refractivity contribution in [2.45, 2.75) is 49.2 Å². The number of carbonyl (C=O) groups is 2. The number of benzene rings is 4. The molecule has 2 aromatic heterocycles. The van der Waals surface area contributed by atoms with E-state index in [0.717, 1.165) is 20.7 Å². The van der Waals surface area contributed by atoms with Gasteiger partial charge >= 0.3 is 6.09 Å². The lowest BCUT2D eigenvalue weighted by Gasteiger charge is -2.31. The van der Waals surface area contributed by atoms with Gasteiger partial charge in [-0.2, -0.15) is 9.40 Å². The largest absolute Gasteiger partial charge is 0.452 e. The van der Waals surface area contributed by atoms with Crippen LogP contribution in [-0.4, -0.2) is 70.4 Å². The highest BCUT2D eigenvalue weighted by Gasteiger charge is 2.37. The highest BCUT2D eigenvalue weighted by Crippen LogP contribution is 2.32. The Kier molecular flexibility index (Phi) is 12.0. The molecule has 0 aliphatic heterocycles. The molecule has 12 nitrogen and oxygen atoms in total. The molecule has 0 spiro atoms. The predicted octanol–water partition coefficient (Wildman–Crippen LogP) is 5.78. The Bertz CT molecular complexity index is 2290. The van der Waals surface area contributed by atoms with E-state index in [1.54, 1.807) is 66.8 Å². The Morgan fingerprint density at radius 2 is 1.59 bits per heavy atom. The second-order valence-corrected chi connectivity index (χ2v) is 15.7. The summed E-state index contributed by atoms with van der Waals surface area (Å²) in [4.78, 5) is 33.2. The number of aliphatic hydroxyl groups excluding tert-OH is 1. The number of aliphatic hydroxyl groups is 1. The smallest absolute Gasteiger partial charge is 0.420 e. The van der Waals surface area contributed by atoms with Crippen LogP contribution in [0.3, 0.4) is 0 Å². The number of nitrogens with two attached hydrogens (primary N) is 1. The fraction of sp³-hybridized carbons (Fsp3) is 0.250. The zero-order valence-electron chi connectivity index (χ0n) is 30.1. The molecule has 0 bridgehead atoms. The van der Waals surface area contributed by atoms with Crippen molar-refractivity contribution in [2.24, 2.45) is 12.8 Å². The van der Waals surface area contributed by atoms with Gasteiger partial charge in [-0.05, 0) is 60.7 Å². The third-order valence-corrected chi connectivity index (χ3v) is 12.2. The first-order valence-corrected chi connectivity index (χ1v) is 19.7. The molecule has 14 heteroatoms. The number of hydrogen-bond donors (Lipinski definition) is 2. The number of imide groups is 1. The van der Waals surface area contributed by atoms with Crippen LogP contribution in [0.15, 0.2) is 120 Å². The average Bonchev–Trinajstić information content (AvgIpc) is 3.80. The number of thiazole rings is 1. The van der Waals surface area contributed by atoms with Gasteiger partial charge in [0, 0.05) is 37.3 Å². The van der Waals surface area contributed by atoms with Crippen LogP contribution in [-0.2, 0) is 39.6 Å². The molecule has 280 valence electrons. The first-order valence-electron chi connectivity index (χ1n) is 17.3. The van der Waals surface area contributed by atoms with Crippen LogP contribution in [0.25, 0.3) is 10.2 Å². The molecule has 0 fully saturated rings. The van der Waals surface area contributed by atoms with Crippen molar-refractivity contribution in [2.75, 3.05) is 18.6 Å². The SMILES string of the molecule is COC(=O)N(C(=O)[C@@H](N)C(c1ccccc1)c1ccccc1)c1ccccc1CC[C@@H](CO)N(Cc1cn(C)nc1C)S(=O)(=O)c1ccc2ncsc2c1. The summed E-state index contributed by atoms with van der Waals surface area (Å²) in [6.45, 7) is 1.26. The molecule has 6 aromatic rings. The topological polar surface area (TPSA) is 161 Å². The molecule has 54 heavy (non-hydrogen) atoms. The number of carbonyl (C=O) groups excluding carboxylic acids is 2. The van der Waals surface area contributed by atoms with Gasteiger partial charge in [0.1, 0.15) is 0 Å². The normalized spacial score (nSPS) is 12.9. The van der Waals surface area contributed by atoms with Crippen molar-refractivity contribution in [1.29, 1.82) is 0 Å². The summed E-state index contributed by atoms with van der Waals surface area (Å²) in [5.41, 5.74) is 12.9. The van der Waals surface area contributed by atoms with E-state index in [0.29, 0.717) is 22.3 Å². The fourth-order valence-corrected chi connectivity index (χ4v) is 9.16. The number of aryl methyl sites for hydroxylation is 3. The van der Waals surface area contributed by atoms with Crippen LogP contribution in [0, 0.1) is 6.92 Å². The molecule has 0 saturated carbocycles. The lowest BCUT2D eigenvalue weighted by atomic mass is 9.84. The van der Waals surface area contributed by atoms with E-state index >= 15 is 0 Å². The molecule has 0 aliphatic rings. The zero-order valence-corrected chi connectivity index (χ0v) is 31.8. The Balaban J connectivity index is 1.34. The number of hydrogen-bond acceptors (Lipinski definition) is 10. The molecule has 0 saturated heterocycles. The number of fused-ring (bicyclic) bond motifs is 1. The minimum atomic E-state index is -4.16. The molecule has 3 N–H and O–H groups in total. The van der Waals surface area contributed by atoms with Crippen LogP contribution < -0.4 is 10.6 Å². The van der Waals surface area contributed by atoms with Gasteiger partial charge in [0.15, 0.2) is 0 Å². The highest BCUT2D eigenvalue weighted by molar-refractivity contribution is 7.89. The Morgan fingerprint density at radius 3 is 2.20 bits per heavy atom. The van der Waals surface area contributed by atoms with Crippen LogP contribution in [0.4, 0.5) is 10.5 Å². The molecule has 2 heterocycles. The lowest BCUT2D eigenvalue weighted by Crippen LogP contribution is -2.50. The summed E-state index contributed by atoms with van der Waals surface area (Å²) in [6, 6.07) is 28.3. The van der Waals surface area contributed by atoms with Gasteiger partial charge in [0.25, 0.3) is 5.91 Å². The molecule has 0 unspecified atom stereocenters. The van der Waals surface area contributed by atoms with E-state index in [2.05, 4.69) is 10.1 Å². The van der Waals surface area contributed by atoms with Gasteiger partial charge in [-0.1, -0.05) is 78.9 Å². The van der Waals surface area contributed by atoms with Crippen molar-refractivity contribution in [1.82, 2.24) is 19.1 Å². The second kappa shape index (κ2) is 16.8. The predicted molar refractivity (Wildman–Crippen MR) is 209 cm³/mol. The Labute approximate surface area is 318 Å². The summed E-state index contributed by atoms with van der Waals surface area (Å²) in [5.74, 6) is -1.27. The molecule has 6 rings (SSSR count). The van der Waals surface area contributed by atoms with E-state index in [9.17, 15) is 23.1 Å². The third kappa shape index (κ3) is 8.12. The van der Waals surface area contributed by atoms with E-state index in [1.807, 2.05) is 60.7 Å². The summed E-state index contributed by atoms with van der Waals surface area (Å²) in [7, 11) is -1.21. The number of methoxy groups -OCH3 is 1. The minimum Gasteiger partial charge on any atom is -0.452 e. The zero-order chi connectivity index (χ0) is 38.4. The maximum atomic E-state index is 14.4. The number of aromatic nitrogens is 3. The number of ether oxygens (including phenoxy) is 1. The lowest BCUT2D eigenvalue weighted by molar-refractivity contribution is -0.119. The van der Waals surface area contributed by atoms with Crippen molar-refractivity contribution in [3.05, 3.63) is 143 Å². The Morgan fingerprint density at radius 1 is 0.944 bits per heavy atom. The highest BCUT2D eigenvalue weighted by atomic mass is 32.2. The van der Waals surface area contributed by atoms with Crippen LogP contribution in [0.5, 0.6) is 0 Å². The molecule has 0 aliphatic carbocycles. The number of nitrogens with zero attached hydrogens (tertiary/aromatic N) is 5. The van der Waals surface area contributed by atoms with E-state index in [4.69, 9.17) is 10.5 Å². The van der Waals surface area contributed by atoms with E-state index < -0.39 is 46.6 Å². The number of rotatable bonds is 14. The standard InChI is InChI=1S/C40H42N6O6S2/c1-27-31(23-44(2)43-27)24-45(54(50,51)33-20-21-34-36(22-33)53-26-42-34)32(25-47)19-18-28-12-10-11-17-35(28)46(40(49)52-3)39(48)38(41)37(29-13-6-4-7-14-29)30-15-8-5-9-16-30/h4-17,20-23,26,32,37-38,47H,18-19,24-25,41H2,1-3H3/t32-,38-/m0/s1. The van der Waals surface area contributed by atoms with E-state index in [1.165, 1.54) is 28.8 Å². The third-order valence-electron chi connectivity index (χ3n) is 9.49. The van der Waals surface area contributed by atoms with Gasteiger partial charge in [0.05, 0.1) is 51.8 Å². The van der Waals surface area contributed by atoms with Crippen LogP contribution >= 0.6 is 11.3 Å². The molecule has 0 radical (unpaired) electrons. The van der Waals surface area contributed by atoms with Crippen LogP contribution in [0.1, 0.15) is 40.3 Å². The fourth-order valence-electron chi connectivity index (χ4n) is 6.72. The van der Waals surface area contributed by atoms with Gasteiger partial charge < -0.3 is 15.6 Å². The molecule has 2 amide bonds. The molecule has 4 aromatic carbocycles. The summed E-state index contributed by atoms with van der Waals surface area (Å²) in [6.07, 6.45) is 1.16. The molecular weight excluding hydrogens is 725 g/mol. The first kappa shape index (κ1) is 38.5. The van der Waals surface area contributed by atoms with Crippen molar-refractivity contribution < 1.29 is 27.9 Å². The minimum absolute atomic E-state index is 0.0441. The second-order valence-electron chi connectivity index (χ2n) is 12.9.